The van der Waals surface area contributed by atoms with Gasteiger partial charge in [0, 0.05) is 25.0 Å². The number of hydrogen-bond acceptors (Lipinski definition) is 3. The first kappa shape index (κ1) is 15.3. The van der Waals surface area contributed by atoms with Gasteiger partial charge in [0.15, 0.2) is 9.84 Å². The Balaban J connectivity index is 2.51. The van der Waals surface area contributed by atoms with Crippen molar-refractivity contribution < 1.29 is 8.42 Å². The quantitative estimate of drug-likeness (QED) is 0.701. The molecule has 1 aliphatic carbocycles. The van der Waals surface area contributed by atoms with E-state index >= 15 is 0 Å². The SMILES string of the molecule is CC(C)(C)S(=O)(=O)CCN(CCCl)C1CCC1. The minimum absolute atomic E-state index is 0.240. The van der Waals surface area contributed by atoms with Gasteiger partial charge in [-0.25, -0.2) is 8.42 Å². The Labute approximate surface area is 110 Å². The van der Waals surface area contributed by atoms with E-state index in [9.17, 15) is 8.42 Å². The molecule has 0 radical (unpaired) electrons. The van der Waals surface area contributed by atoms with Crippen LogP contribution >= 0.6 is 11.6 Å². The average molecular weight is 282 g/mol. The number of rotatable bonds is 6. The molecule has 1 fully saturated rings. The van der Waals surface area contributed by atoms with E-state index in [1.807, 2.05) is 0 Å². The van der Waals surface area contributed by atoms with E-state index in [0.29, 0.717) is 18.5 Å². The summed E-state index contributed by atoms with van der Waals surface area (Å²) in [6.45, 7) is 6.70. The first-order chi connectivity index (χ1) is 7.78. The third kappa shape index (κ3) is 4.11. The second-order valence-corrected chi connectivity index (χ2v) is 8.98. The van der Waals surface area contributed by atoms with Crippen LogP contribution in [-0.2, 0) is 9.84 Å². The third-order valence-corrected chi connectivity index (χ3v) is 6.30. The molecule has 5 heteroatoms. The molecule has 0 aromatic rings. The molecule has 0 N–H and O–H groups in total. The minimum atomic E-state index is -3.01. The first-order valence-corrected chi connectivity index (χ1v) is 8.49. The molecular formula is C12H24ClNO2S. The Morgan fingerprint density at radius 1 is 1.24 bits per heavy atom. The highest BCUT2D eigenvalue weighted by Gasteiger charge is 2.31. The summed E-state index contributed by atoms with van der Waals surface area (Å²) >= 11 is 5.77. The van der Waals surface area contributed by atoms with Crippen molar-refractivity contribution in [1.82, 2.24) is 4.90 Å². The zero-order valence-corrected chi connectivity index (χ0v) is 12.6. The smallest absolute Gasteiger partial charge is 0.156 e. The predicted molar refractivity (Wildman–Crippen MR) is 73.5 cm³/mol. The summed E-state index contributed by atoms with van der Waals surface area (Å²) in [6.07, 6.45) is 3.63. The van der Waals surface area contributed by atoms with Crippen molar-refractivity contribution >= 4 is 21.4 Å². The lowest BCUT2D eigenvalue weighted by Gasteiger charge is -2.37. The maximum Gasteiger partial charge on any atom is 0.156 e. The van der Waals surface area contributed by atoms with Gasteiger partial charge in [0.1, 0.15) is 0 Å². The molecule has 0 aromatic carbocycles. The van der Waals surface area contributed by atoms with Gasteiger partial charge in [0.05, 0.1) is 10.5 Å². The van der Waals surface area contributed by atoms with E-state index in [1.54, 1.807) is 20.8 Å². The summed E-state index contributed by atoms with van der Waals surface area (Å²) in [5.41, 5.74) is 0. The highest BCUT2D eigenvalue weighted by atomic mass is 35.5. The van der Waals surface area contributed by atoms with Crippen LogP contribution < -0.4 is 0 Å². The minimum Gasteiger partial charge on any atom is -0.298 e. The molecule has 0 aromatic heterocycles. The maximum atomic E-state index is 12.0. The number of alkyl halides is 1. The summed E-state index contributed by atoms with van der Waals surface area (Å²) < 4.78 is 23.4. The molecule has 0 amide bonds. The lowest BCUT2D eigenvalue weighted by Crippen LogP contribution is -2.45. The summed E-state index contributed by atoms with van der Waals surface area (Å²) in [5, 5.41) is 0. The molecule has 0 heterocycles. The highest BCUT2D eigenvalue weighted by molar-refractivity contribution is 7.92. The summed E-state index contributed by atoms with van der Waals surface area (Å²) in [4.78, 5) is 2.24. The Bertz CT molecular complexity index is 331. The maximum absolute atomic E-state index is 12.0. The molecule has 0 atom stereocenters. The fourth-order valence-electron chi connectivity index (χ4n) is 1.88. The van der Waals surface area contributed by atoms with Crippen LogP contribution in [0.5, 0.6) is 0 Å². The van der Waals surface area contributed by atoms with E-state index in [2.05, 4.69) is 4.90 Å². The first-order valence-electron chi connectivity index (χ1n) is 6.30. The molecule has 0 unspecified atom stereocenters. The lowest BCUT2D eigenvalue weighted by atomic mass is 9.91. The zero-order chi connectivity index (χ0) is 13.1. The van der Waals surface area contributed by atoms with Crippen molar-refractivity contribution in [2.45, 2.75) is 50.8 Å². The van der Waals surface area contributed by atoms with Gasteiger partial charge < -0.3 is 0 Å². The van der Waals surface area contributed by atoms with Crippen molar-refractivity contribution in [2.75, 3.05) is 24.7 Å². The van der Waals surface area contributed by atoms with E-state index in [-0.39, 0.29) is 5.75 Å². The van der Waals surface area contributed by atoms with Crippen LogP contribution in [0.25, 0.3) is 0 Å². The molecule has 17 heavy (non-hydrogen) atoms. The summed E-state index contributed by atoms with van der Waals surface area (Å²) in [7, 11) is -3.01. The van der Waals surface area contributed by atoms with Crippen LogP contribution in [-0.4, -0.2) is 48.8 Å². The Morgan fingerprint density at radius 2 is 1.82 bits per heavy atom. The van der Waals surface area contributed by atoms with Gasteiger partial charge in [-0.1, -0.05) is 6.42 Å². The number of hydrogen-bond donors (Lipinski definition) is 0. The molecular weight excluding hydrogens is 258 g/mol. The van der Waals surface area contributed by atoms with E-state index < -0.39 is 14.6 Å². The van der Waals surface area contributed by atoms with Gasteiger partial charge in [-0.3, -0.25) is 4.90 Å². The van der Waals surface area contributed by atoms with Gasteiger partial charge in [0.25, 0.3) is 0 Å². The predicted octanol–water partition coefficient (Wildman–Crippen LogP) is 2.29. The zero-order valence-electron chi connectivity index (χ0n) is 11.1. The molecule has 1 saturated carbocycles. The van der Waals surface area contributed by atoms with Crippen molar-refractivity contribution in [3.63, 3.8) is 0 Å². The second kappa shape index (κ2) is 5.89. The molecule has 1 aliphatic rings. The Kier molecular flexibility index (Phi) is 5.29. The van der Waals surface area contributed by atoms with Gasteiger partial charge in [-0.15, -0.1) is 11.6 Å². The number of sulfone groups is 1. The highest BCUT2D eigenvalue weighted by Crippen LogP contribution is 2.25. The molecule has 0 bridgehead atoms. The van der Waals surface area contributed by atoms with Crippen LogP contribution in [0.15, 0.2) is 0 Å². The van der Waals surface area contributed by atoms with E-state index in [1.165, 1.54) is 19.3 Å². The van der Waals surface area contributed by atoms with E-state index in [4.69, 9.17) is 11.6 Å². The van der Waals surface area contributed by atoms with E-state index in [0.717, 1.165) is 6.54 Å². The van der Waals surface area contributed by atoms with Crippen molar-refractivity contribution in [1.29, 1.82) is 0 Å². The molecule has 0 spiro atoms. The molecule has 3 nitrogen and oxygen atoms in total. The van der Waals surface area contributed by atoms with Gasteiger partial charge >= 0.3 is 0 Å². The van der Waals surface area contributed by atoms with Crippen molar-refractivity contribution in [2.24, 2.45) is 0 Å². The molecule has 102 valence electrons. The monoisotopic (exact) mass is 281 g/mol. The Hall–Kier alpha value is 0.200. The normalized spacial score (nSPS) is 18.4. The molecule has 0 aliphatic heterocycles. The van der Waals surface area contributed by atoms with Crippen molar-refractivity contribution in [3.05, 3.63) is 0 Å². The third-order valence-electron chi connectivity index (χ3n) is 3.54. The van der Waals surface area contributed by atoms with Crippen LogP contribution in [0.1, 0.15) is 40.0 Å². The fourth-order valence-corrected chi connectivity index (χ4v) is 3.19. The topological polar surface area (TPSA) is 37.4 Å². The molecule has 0 saturated heterocycles. The summed E-state index contributed by atoms with van der Waals surface area (Å²) in [6, 6.07) is 0.559. The number of nitrogens with zero attached hydrogens (tertiary/aromatic N) is 1. The van der Waals surface area contributed by atoms with Crippen LogP contribution in [0.2, 0.25) is 0 Å². The largest absolute Gasteiger partial charge is 0.298 e. The van der Waals surface area contributed by atoms with Gasteiger partial charge in [0.2, 0.25) is 0 Å². The number of halogens is 1. The fraction of sp³-hybridized carbons (Fsp3) is 1.00. The standard InChI is InChI=1S/C12H24ClNO2S/c1-12(2,3)17(15,16)10-9-14(8-7-13)11-5-4-6-11/h11H,4-10H2,1-3H3. The second-order valence-electron chi connectivity index (χ2n) is 5.74. The lowest BCUT2D eigenvalue weighted by molar-refractivity contribution is 0.143. The van der Waals surface area contributed by atoms with Crippen molar-refractivity contribution in [3.8, 4) is 0 Å². The van der Waals surface area contributed by atoms with Crippen LogP contribution in [0.3, 0.4) is 0 Å². The van der Waals surface area contributed by atoms with Gasteiger partial charge in [-0.2, -0.15) is 0 Å². The van der Waals surface area contributed by atoms with Gasteiger partial charge in [-0.05, 0) is 33.6 Å². The Morgan fingerprint density at radius 3 is 2.18 bits per heavy atom. The molecule has 1 rings (SSSR count). The van der Waals surface area contributed by atoms with Crippen LogP contribution in [0.4, 0.5) is 0 Å². The average Bonchev–Trinajstić information content (AvgIpc) is 2.10. The van der Waals surface area contributed by atoms with Crippen LogP contribution in [0, 0.1) is 0 Å². The summed E-state index contributed by atoms with van der Waals surface area (Å²) in [5.74, 6) is 0.815.